The van der Waals surface area contributed by atoms with E-state index in [0.29, 0.717) is 5.56 Å². The van der Waals surface area contributed by atoms with Crippen molar-refractivity contribution in [1.29, 1.82) is 0 Å². The lowest BCUT2D eigenvalue weighted by molar-refractivity contribution is 0.0601. The summed E-state index contributed by atoms with van der Waals surface area (Å²) in [7, 11) is 1.17. The molecule has 3 aromatic rings. The third-order valence-corrected chi connectivity index (χ3v) is 4.41. The van der Waals surface area contributed by atoms with Gasteiger partial charge in [0.05, 0.1) is 18.4 Å². The van der Waals surface area contributed by atoms with E-state index in [-0.39, 0.29) is 32.4 Å². The first-order valence-corrected chi connectivity index (χ1v) is 8.89. The lowest BCUT2D eigenvalue weighted by Crippen LogP contribution is -2.16. The molecule has 7 heteroatoms. The van der Waals surface area contributed by atoms with E-state index in [1.807, 2.05) is 0 Å². The van der Waals surface area contributed by atoms with Gasteiger partial charge in [-0.05, 0) is 35.9 Å². The van der Waals surface area contributed by atoms with E-state index >= 15 is 0 Å². The smallest absolute Gasteiger partial charge is 0.340 e. The minimum atomic E-state index is -0.780. The van der Waals surface area contributed by atoms with E-state index in [1.165, 1.54) is 31.4 Å². The van der Waals surface area contributed by atoms with Crippen molar-refractivity contribution in [3.05, 3.63) is 87.7 Å². The molecule has 0 unspecified atom stereocenters. The third-order valence-electron chi connectivity index (χ3n) is 3.97. The Bertz CT molecular complexity index is 1030. The van der Waals surface area contributed by atoms with Crippen LogP contribution in [0, 0.1) is 5.82 Å². The molecule has 0 fully saturated rings. The van der Waals surface area contributed by atoms with Crippen molar-refractivity contribution in [2.24, 2.45) is 0 Å². The van der Waals surface area contributed by atoms with Crippen molar-refractivity contribution in [3.63, 3.8) is 0 Å². The molecule has 0 spiro atoms. The molecule has 1 N–H and O–H groups in total. The monoisotopic (exact) mass is 417 g/mol. The Balaban J connectivity index is 2.06. The maximum atomic E-state index is 14.6. The van der Waals surface area contributed by atoms with Crippen molar-refractivity contribution in [1.82, 2.24) is 0 Å². The molecule has 0 aliphatic carbocycles. The highest BCUT2D eigenvalue weighted by Crippen LogP contribution is 2.30. The average Bonchev–Trinajstić information content (AvgIpc) is 2.68. The predicted molar refractivity (Wildman–Crippen MR) is 108 cm³/mol. The number of carbonyl (C=O) groups is 2. The van der Waals surface area contributed by atoms with Crippen molar-refractivity contribution >= 4 is 40.8 Å². The molecule has 0 aliphatic heterocycles. The first-order chi connectivity index (χ1) is 13.4. The van der Waals surface area contributed by atoms with Crippen LogP contribution >= 0.6 is 23.2 Å². The van der Waals surface area contributed by atoms with Gasteiger partial charge in [0.25, 0.3) is 5.91 Å². The summed E-state index contributed by atoms with van der Waals surface area (Å²) in [6.07, 6.45) is 0. The Morgan fingerprint density at radius 2 is 1.61 bits per heavy atom. The van der Waals surface area contributed by atoms with E-state index in [1.54, 1.807) is 30.3 Å². The highest BCUT2D eigenvalue weighted by atomic mass is 35.5. The van der Waals surface area contributed by atoms with Crippen LogP contribution in [0.3, 0.4) is 0 Å². The number of methoxy groups -OCH3 is 1. The van der Waals surface area contributed by atoms with Gasteiger partial charge in [-0.15, -0.1) is 0 Å². The normalized spacial score (nSPS) is 10.4. The van der Waals surface area contributed by atoms with Crippen LogP contribution in [-0.4, -0.2) is 19.0 Å². The molecule has 0 saturated carbocycles. The van der Waals surface area contributed by atoms with Gasteiger partial charge < -0.3 is 10.1 Å². The summed E-state index contributed by atoms with van der Waals surface area (Å²) in [6.45, 7) is 0. The highest BCUT2D eigenvalue weighted by molar-refractivity contribution is 6.35. The van der Waals surface area contributed by atoms with Crippen molar-refractivity contribution < 1.29 is 18.7 Å². The quantitative estimate of drug-likeness (QED) is 0.542. The number of hydrogen-bond donors (Lipinski definition) is 1. The van der Waals surface area contributed by atoms with Gasteiger partial charge in [-0.1, -0.05) is 53.5 Å². The fourth-order valence-electron chi connectivity index (χ4n) is 2.67. The number of ether oxygens (including phenoxy) is 1. The number of nitrogens with one attached hydrogen (secondary N) is 1. The Morgan fingerprint density at radius 3 is 2.21 bits per heavy atom. The van der Waals surface area contributed by atoms with Crippen LogP contribution in [0.25, 0.3) is 11.1 Å². The maximum Gasteiger partial charge on any atom is 0.340 e. The Morgan fingerprint density at radius 1 is 0.964 bits per heavy atom. The van der Waals surface area contributed by atoms with Gasteiger partial charge in [0.2, 0.25) is 0 Å². The standard InChI is InChI=1S/C21H14Cl2FNO3/c1-28-21(27)17-10-18(24)16(12-5-3-2-4-6-12)11-19(17)25-20(26)13-7-14(22)9-15(23)8-13/h2-11H,1H3,(H,25,26). The summed E-state index contributed by atoms with van der Waals surface area (Å²) < 4.78 is 19.3. The van der Waals surface area contributed by atoms with E-state index in [0.717, 1.165) is 6.07 Å². The number of rotatable bonds is 4. The molecule has 0 aromatic heterocycles. The van der Waals surface area contributed by atoms with Gasteiger partial charge in [0.1, 0.15) is 5.82 Å². The lowest BCUT2D eigenvalue weighted by atomic mass is 10.0. The molecule has 3 rings (SSSR count). The summed E-state index contributed by atoms with van der Waals surface area (Å²) in [5.74, 6) is -1.95. The Kier molecular flexibility index (Phi) is 5.97. The largest absolute Gasteiger partial charge is 0.465 e. The van der Waals surface area contributed by atoms with Gasteiger partial charge in [-0.3, -0.25) is 4.79 Å². The van der Waals surface area contributed by atoms with Crippen LogP contribution < -0.4 is 5.32 Å². The summed E-state index contributed by atoms with van der Waals surface area (Å²) in [4.78, 5) is 24.7. The van der Waals surface area contributed by atoms with E-state index in [2.05, 4.69) is 5.32 Å². The number of carbonyl (C=O) groups excluding carboxylic acids is 2. The van der Waals surface area contributed by atoms with Gasteiger partial charge in [0.15, 0.2) is 0 Å². The fraction of sp³-hybridized carbons (Fsp3) is 0.0476. The molecule has 0 saturated heterocycles. The fourth-order valence-corrected chi connectivity index (χ4v) is 3.20. The van der Waals surface area contributed by atoms with Crippen LogP contribution in [0.15, 0.2) is 60.7 Å². The lowest BCUT2D eigenvalue weighted by Gasteiger charge is -2.13. The van der Waals surface area contributed by atoms with E-state index in [9.17, 15) is 14.0 Å². The molecule has 142 valence electrons. The number of anilines is 1. The Labute approximate surface area is 170 Å². The number of esters is 1. The first-order valence-electron chi connectivity index (χ1n) is 8.14. The van der Waals surface area contributed by atoms with Crippen LogP contribution in [-0.2, 0) is 4.74 Å². The van der Waals surface area contributed by atoms with Crippen molar-refractivity contribution in [2.45, 2.75) is 0 Å². The molecule has 0 atom stereocenters. The second kappa shape index (κ2) is 8.42. The number of benzene rings is 3. The van der Waals surface area contributed by atoms with Gasteiger partial charge in [-0.25, -0.2) is 9.18 Å². The molecule has 0 radical (unpaired) electrons. The number of hydrogen-bond acceptors (Lipinski definition) is 3. The van der Waals surface area contributed by atoms with Crippen molar-refractivity contribution in [2.75, 3.05) is 12.4 Å². The first kappa shape index (κ1) is 19.9. The summed E-state index contributed by atoms with van der Waals surface area (Å²) in [5, 5.41) is 3.18. The van der Waals surface area contributed by atoms with E-state index in [4.69, 9.17) is 27.9 Å². The molecular weight excluding hydrogens is 404 g/mol. The minimum absolute atomic E-state index is 0.105. The summed E-state index contributed by atoms with van der Waals surface area (Å²) in [5.41, 5.74) is 1.01. The van der Waals surface area contributed by atoms with Gasteiger partial charge in [0, 0.05) is 21.2 Å². The van der Waals surface area contributed by atoms with Gasteiger partial charge >= 0.3 is 5.97 Å². The van der Waals surface area contributed by atoms with Crippen LogP contribution in [0.1, 0.15) is 20.7 Å². The Hall–Kier alpha value is -2.89. The molecular formula is C21H14Cl2FNO3. The molecule has 0 bridgehead atoms. The molecule has 1 amide bonds. The molecule has 28 heavy (non-hydrogen) atoms. The van der Waals surface area contributed by atoms with Gasteiger partial charge in [-0.2, -0.15) is 0 Å². The average molecular weight is 418 g/mol. The summed E-state index contributed by atoms with van der Waals surface area (Å²) in [6, 6.07) is 15.5. The zero-order valence-electron chi connectivity index (χ0n) is 14.6. The van der Waals surface area contributed by atoms with Crippen LogP contribution in [0.2, 0.25) is 10.0 Å². The zero-order valence-corrected chi connectivity index (χ0v) is 16.1. The molecule has 3 aromatic carbocycles. The number of amides is 1. The number of halogens is 3. The second-order valence-electron chi connectivity index (χ2n) is 5.85. The SMILES string of the molecule is COC(=O)c1cc(F)c(-c2ccccc2)cc1NC(=O)c1cc(Cl)cc(Cl)c1. The topological polar surface area (TPSA) is 55.4 Å². The highest BCUT2D eigenvalue weighted by Gasteiger charge is 2.20. The van der Waals surface area contributed by atoms with E-state index < -0.39 is 17.7 Å². The third kappa shape index (κ3) is 4.32. The van der Waals surface area contributed by atoms with Crippen LogP contribution in [0.5, 0.6) is 0 Å². The molecule has 0 aliphatic rings. The summed E-state index contributed by atoms with van der Waals surface area (Å²) >= 11 is 11.9. The maximum absolute atomic E-state index is 14.6. The second-order valence-corrected chi connectivity index (χ2v) is 6.72. The van der Waals surface area contributed by atoms with Crippen molar-refractivity contribution in [3.8, 4) is 11.1 Å². The molecule has 4 nitrogen and oxygen atoms in total. The zero-order chi connectivity index (χ0) is 20.3. The predicted octanol–water partition coefficient (Wildman–Crippen LogP) is 5.84. The molecule has 0 heterocycles. The minimum Gasteiger partial charge on any atom is -0.465 e. The van der Waals surface area contributed by atoms with Crippen LogP contribution in [0.4, 0.5) is 10.1 Å².